The Morgan fingerprint density at radius 2 is 1.67 bits per heavy atom. The monoisotopic (exact) mass is 285 g/mol. The number of nitrogens with zero attached hydrogens (tertiary/aromatic N) is 1. The molecule has 3 nitrogen and oxygen atoms in total. The first-order valence-electron chi connectivity index (χ1n) is 7.28. The molecule has 0 spiro atoms. The molecule has 1 unspecified atom stereocenters. The molecule has 0 saturated heterocycles. The number of hydrogen-bond donors (Lipinski definition) is 1. The molecule has 3 heteroatoms. The van der Waals surface area contributed by atoms with Crippen LogP contribution in [0.3, 0.4) is 0 Å². The van der Waals surface area contributed by atoms with E-state index in [2.05, 4.69) is 36.1 Å². The molecule has 0 aromatic heterocycles. The highest BCUT2D eigenvalue weighted by Crippen LogP contribution is 2.21. The van der Waals surface area contributed by atoms with Crippen LogP contribution >= 0.6 is 0 Å². The first-order valence-corrected chi connectivity index (χ1v) is 7.28. The minimum absolute atomic E-state index is 0.521. The Balaban J connectivity index is 1.99. The third-order valence-electron chi connectivity index (χ3n) is 3.50. The van der Waals surface area contributed by atoms with Crippen LogP contribution in [0.25, 0.3) is 0 Å². The van der Waals surface area contributed by atoms with Gasteiger partial charge in [-0.15, -0.1) is 0 Å². The van der Waals surface area contributed by atoms with Gasteiger partial charge in [-0.05, 0) is 43.7 Å². The van der Waals surface area contributed by atoms with E-state index in [1.165, 1.54) is 5.56 Å². The van der Waals surface area contributed by atoms with Crippen molar-refractivity contribution >= 4 is 5.69 Å². The van der Waals surface area contributed by atoms with Crippen molar-refractivity contribution in [3.05, 3.63) is 59.7 Å². The average molecular weight is 285 g/mol. The second-order valence-electron chi connectivity index (χ2n) is 5.23. The fourth-order valence-electron chi connectivity index (χ4n) is 2.22. The third kappa shape index (κ3) is 4.23. The number of rotatable bonds is 6. The Hall–Kier alpha value is -2.00. The first kappa shape index (κ1) is 15.4. The van der Waals surface area contributed by atoms with Gasteiger partial charge in [0.25, 0.3) is 0 Å². The molecule has 0 amide bonds. The molecule has 2 aromatic rings. The van der Waals surface area contributed by atoms with Gasteiger partial charge in [-0.2, -0.15) is 0 Å². The number of aryl methyl sites for hydroxylation is 1. The number of likely N-dealkylation sites (N-methyl/N-ethyl adjacent to an activating group) is 1. The van der Waals surface area contributed by atoms with Gasteiger partial charge in [0.1, 0.15) is 5.75 Å². The van der Waals surface area contributed by atoms with Crippen molar-refractivity contribution in [2.45, 2.75) is 20.0 Å². The molecule has 1 N–H and O–H groups in total. The molecule has 0 aliphatic heterocycles. The van der Waals surface area contributed by atoms with Crippen LogP contribution in [0.2, 0.25) is 0 Å². The average Bonchev–Trinajstić information content (AvgIpc) is 2.49. The van der Waals surface area contributed by atoms with Gasteiger partial charge in [0.15, 0.2) is 0 Å². The van der Waals surface area contributed by atoms with E-state index >= 15 is 0 Å². The van der Waals surface area contributed by atoms with E-state index in [0.717, 1.165) is 17.0 Å². The van der Waals surface area contributed by atoms with Crippen LogP contribution in [0.15, 0.2) is 48.5 Å². The molecule has 1 atom stereocenters. The van der Waals surface area contributed by atoms with Gasteiger partial charge in [-0.3, -0.25) is 0 Å². The maximum atomic E-state index is 10.3. The Morgan fingerprint density at radius 3 is 2.24 bits per heavy atom. The standard InChI is InChI=1S/C18H23NO2/c1-4-21-17-11-7-15(8-12-17)18(20)13-19(3)16-9-5-14(2)6-10-16/h5-12,18,20H,4,13H2,1-3H3. The fourth-order valence-corrected chi connectivity index (χ4v) is 2.22. The minimum atomic E-state index is -0.521. The summed E-state index contributed by atoms with van der Waals surface area (Å²) in [7, 11) is 1.99. The zero-order valence-corrected chi connectivity index (χ0v) is 12.9. The zero-order valence-electron chi connectivity index (χ0n) is 12.9. The molecule has 0 fully saturated rings. The van der Waals surface area contributed by atoms with Crippen LogP contribution in [-0.4, -0.2) is 25.3 Å². The third-order valence-corrected chi connectivity index (χ3v) is 3.50. The molecule has 0 aliphatic carbocycles. The van der Waals surface area contributed by atoms with Gasteiger partial charge < -0.3 is 14.7 Å². The Morgan fingerprint density at radius 1 is 1.05 bits per heavy atom. The summed E-state index contributed by atoms with van der Waals surface area (Å²) >= 11 is 0. The van der Waals surface area contributed by atoms with E-state index in [-0.39, 0.29) is 0 Å². The predicted molar refractivity (Wildman–Crippen MR) is 87.0 cm³/mol. The van der Waals surface area contributed by atoms with Gasteiger partial charge in [0.05, 0.1) is 12.7 Å². The normalized spacial score (nSPS) is 12.0. The zero-order chi connectivity index (χ0) is 15.2. The maximum absolute atomic E-state index is 10.3. The van der Waals surface area contributed by atoms with E-state index in [1.54, 1.807) is 0 Å². The molecule has 21 heavy (non-hydrogen) atoms. The molecule has 0 bridgehead atoms. The van der Waals surface area contributed by atoms with Crippen LogP contribution in [0.1, 0.15) is 24.2 Å². The van der Waals surface area contributed by atoms with E-state index in [0.29, 0.717) is 13.2 Å². The lowest BCUT2D eigenvalue weighted by Gasteiger charge is -2.23. The molecular weight excluding hydrogens is 262 g/mol. The molecule has 2 rings (SSSR count). The van der Waals surface area contributed by atoms with Crippen LogP contribution in [0.4, 0.5) is 5.69 Å². The van der Waals surface area contributed by atoms with Crippen molar-refractivity contribution in [3.63, 3.8) is 0 Å². The van der Waals surface area contributed by atoms with Gasteiger partial charge in [0, 0.05) is 19.3 Å². The van der Waals surface area contributed by atoms with Crippen LogP contribution in [0, 0.1) is 6.92 Å². The summed E-state index contributed by atoms with van der Waals surface area (Å²) in [6, 6.07) is 15.9. The van der Waals surface area contributed by atoms with Crippen molar-refractivity contribution in [1.82, 2.24) is 0 Å². The summed E-state index contributed by atoms with van der Waals surface area (Å²) in [6.45, 7) is 5.23. The van der Waals surface area contributed by atoms with Gasteiger partial charge in [-0.25, -0.2) is 0 Å². The summed E-state index contributed by atoms with van der Waals surface area (Å²) < 4.78 is 5.41. The lowest BCUT2D eigenvalue weighted by Crippen LogP contribution is -2.24. The SMILES string of the molecule is CCOc1ccc(C(O)CN(C)c2ccc(C)cc2)cc1. The second kappa shape index (κ2) is 7.14. The largest absolute Gasteiger partial charge is 0.494 e. The van der Waals surface area contributed by atoms with Crippen molar-refractivity contribution in [2.24, 2.45) is 0 Å². The fraction of sp³-hybridized carbons (Fsp3) is 0.333. The predicted octanol–water partition coefficient (Wildman–Crippen LogP) is 3.56. The van der Waals surface area contributed by atoms with E-state index in [1.807, 2.05) is 38.2 Å². The smallest absolute Gasteiger partial charge is 0.119 e. The molecular formula is C18H23NO2. The summed E-state index contributed by atoms with van der Waals surface area (Å²) in [5.41, 5.74) is 3.24. The lowest BCUT2D eigenvalue weighted by atomic mass is 10.1. The Bertz CT molecular complexity index is 548. The Kier molecular flexibility index (Phi) is 5.23. The van der Waals surface area contributed by atoms with Gasteiger partial charge in [0.2, 0.25) is 0 Å². The maximum Gasteiger partial charge on any atom is 0.119 e. The van der Waals surface area contributed by atoms with Crippen molar-refractivity contribution in [1.29, 1.82) is 0 Å². The first-order chi connectivity index (χ1) is 10.1. The van der Waals surface area contributed by atoms with Crippen molar-refractivity contribution in [3.8, 4) is 5.75 Å². The highest BCUT2D eigenvalue weighted by molar-refractivity contribution is 5.47. The number of aliphatic hydroxyl groups excluding tert-OH is 1. The van der Waals surface area contributed by atoms with Crippen molar-refractivity contribution < 1.29 is 9.84 Å². The number of ether oxygens (including phenoxy) is 1. The topological polar surface area (TPSA) is 32.7 Å². The molecule has 0 aliphatic rings. The summed E-state index contributed by atoms with van der Waals surface area (Å²) in [5, 5.41) is 10.3. The molecule has 112 valence electrons. The summed E-state index contributed by atoms with van der Waals surface area (Å²) in [6.07, 6.45) is -0.521. The molecule has 0 saturated carbocycles. The summed E-state index contributed by atoms with van der Waals surface area (Å²) in [5.74, 6) is 0.834. The van der Waals surface area contributed by atoms with E-state index in [4.69, 9.17) is 4.74 Å². The second-order valence-corrected chi connectivity index (χ2v) is 5.23. The quantitative estimate of drug-likeness (QED) is 0.881. The van der Waals surface area contributed by atoms with Crippen LogP contribution < -0.4 is 9.64 Å². The van der Waals surface area contributed by atoms with Gasteiger partial charge >= 0.3 is 0 Å². The van der Waals surface area contributed by atoms with E-state index < -0.39 is 6.10 Å². The van der Waals surface area contributed by atoms with Crippen molar-refractivity contribution in [2.75, 3.05) is 25.1 Å². The van der Waals surface area contributed by atoms with E-state index in [9.17, 15) is 5.11 Å². The number of anilines is 1. The lowest BCUT2D eigenvalue weighted by molar-refractivity contribution is 0.185. The summed E-state index contributed by atoms with van der Waals surface area (Å²) in [4.78, 5) is 2.06. The van der Waals surface area contributed by atoms with Gasteiger partial charge in [-0.1, -0.05) is 29.8 Å². The highest BCUT2D eigenvalue weighted by atomic mass is 16.5. The molecule has 0 heterocycles. The Labute approximate surface area is 126 Å². The van der Waals surface area contributed by atoms with Crippen LogP contribution in [-0.2, 0) is 0 Å². The number of aliphatic hydroxyl groups is 1. The minimum Gasteiger partial charge on any atom is -0.494 e. The number of benzene rings is 2. The number of hydrogen-bond acceptors (Lipinski definition) is 3. The molecule has 2 aromatic carbocycles. The van der Waals surface area contributed by atoms with Crippen LogP contribution in [0.5, 0.6) is 5.75 Å². The molecule has 0 radical (unpaired) electrons. The highest BCUT2D eigenvalue weighted by Gasteiger charge is 2.11.